The van der Waals surface area contributed by atoms with Gasteiger partial charge >= 0.3 is 0 Å². The molecule has 3 rings (SSSR count). The second-order valence-electron chi connectivity index (χ2n) is 8.28. The molecule has 0 fully saturated rings. The molecule has 2 aromatic carbocycles. The van der Waals surface area contributed by atoms with Crippen LogP contribution in [-0.2, 0) is 6.54 Å². The maximum Gasteiger partial charge on any atom is 0.253 e. The van der Waals surface area contributed by atoms with Gasteiger partial charge in [0, 0.05) is 24.3 Å². The fourth-order valence-corrected chi connectivity index (χ4v) is 3.91. The van der Waals surface area contributed by atoms with Gasteiger partial charge in [0.05, 0.1) is 18.7 Å². The third-order valence-electron chi connectivity index (χ3n) is 5.25. The van der Waals surface area contributed by atoms with E-state index in [0.717, 1.165) is 34.4 Å². The molecule has 3 aromatic rings. The standard InChI is InChI=1S/C25H32N4O2S/c1-6-31-22-9-7-21(8-10-22)26-25(32)29(12-11-28(4)5)16-20-15-19-14-17(2)13-18(3)23(19)27-24(20)30/h7-10,13-15H,6,11-12,16H2,1-5H3,(H,26,32)(H,27,30). The van der Waals surface area contributed by atoms with Gasteiger partial charge in [-0.3, -0.25) is 4.79 Å². The molecule has 6 nitrogen and oxygen atoms in total. The Kier molecular flexibility index (Phi) is 7.88. The van der Waals surface area contributed by atoms with Crippen molar-refractivity contribution in [3.63, 3.8) is 0 Å². The molecule has 0 unspecified atom stereocenters. The van der Waals surface area contributed by atoms with Crippen LogP contribution in [0.5, 0.6) is 5.75 Å². The number of ether oxygens (including phenoxy) is 1. The van der Waals surface area contributed by atoms with Gasteiger partial charge in [-0.25, -0.2) is 0 Å². The van der Waals surface area contributed by atoms with Gasteiger partial charge in [-0.2, -0.15) is 0 Å². The van der Waals surface area contributed by atoms with Gasteiger partial charge in [-0.1, -0.05) is 11.6 Å². The second-order valence-corrected chi connectivity index (χ2v) is 8.67. The molecular weight excluding hydrogens is 420 g/mol. The summed E-state index contributed by atoms with van der Waals surface area (Å²) >= 11 is 5.73. The Balaban J connectivity index is 1.84. The fraction of sp³-hybridized carbons (Fsp3) is 0.360. The van der Waals surface area contributed by atoms with Crippen LogP contribution < -0.4 is 15.6 Å². The number of benzene rings is 2. The molecule has 32 heavy (non-hydrogen) atoms. The number of nitrogens with one attached hydrogen (secondary N) is 2. The van der Waals surface area contributed by atoms with Gasteiger partial charge in [-0.05, 0) is 94.4 Å². The first kappa shape index (κ1) is 23.8. The maximum atomic E-state index is 12.9. The first-order valence-corrected chi connectivity index (χ1v) is 11.2. The van der Waals surface area contributed by atoms with Crippen LogP contribution in [0.2, 0.25) is 0 Å². The van der Waals surface area contributed by atoms with Crippen LogP contribution in [0.25, 0.3) is 10.9 Å². The Morgan fingerprint density at radius 2 is 1.81 bits per heavy atom. The number of nitrogens with zero attached hydrogens (tertiary/aromatic N) is 2. The van der Waals surface area contributed by atoms with Crippen LogP contribution in [0, 0.1) is 13.8 Å². The highest BCUT2D eigenvalue weighted by Gasteiger charge is 2.15. The minimum Gasteiger partial charge on any atom is -0.494 e. The summed E-state index contributed by atoms with van der Waals surface area (Å²) < 4.78 is 5.51. The van der Waals surface area contributed by atoms with Crippen molar-refractivity contribution in [2.75, 3.05) is 39.1 Å². The van der Waals surface area contributed by atoms with Crippen molar-refractivity contribution in [1.82, 2.24) is 14.8 Å². The van der Waals surface area contributed by atoms with Crippen LogP contribution in [0.15, 0.2) is 47.3 Å². The van der Waals surface area contributed by atoms with Crippen LogP contribution in [0.3, 0.4) is 0 Å². The fourth-order valence-electron chi connectivity index (χ4n) is 3.63. The molecule has 1 heterocycles. The number of aromatic amines is 1. The molecule has 0 amide bonds. The van der Waals surface area contributed by atoms with Crippen molar-refractivity contribution in [3.8, 4) is 5.75 Å². The van der Waals surface area contributed by atoms with E-state index in [1.54, 1.807) is 0 Å². The van der Waals surface area contributed by atoms with Gasteiger partial charge in [0.25, 0.3) is 5.56 Å². The Labute approximate surface area is 195 Å². The van der Waals surface area contributed by atoms with Crippen LogP contribution in [-0.4, -0.2) is 53.7 Å². The normalized spacial score (nSPS) is 11.1. The van der Waals surface area contributed by atoms with Crippen LogP contribution >= 0.6 is 12.2 Å². The van der Waals surface area contributed by atoms with Gasteiger partial charge in [0.1, 0.15) is 5.75 Å². The van der Waals surface area contributed by atoms with Gasteiger partial charge in [0.2, 0.25) is 0 Å². The maximum absolute atomic E-state index is 12.9. The lowest BCUT2D eigenvalue weighted by Crippen LogP contribution is -2.40. The number of rotatable bonds is 8. The second kappa shape index (κ2) is 10.6. The number of hydrogen-bond acceptors (Lipinski definition) is 4. The molecule has 0 aliphatic rings. The number of anilines is 1. The molecule has 2 N–H and O–H groups in total. The van der Waals surface area contributed by atoms with E-state index in [0.29, 0.717) is 30.4 Å². The Morgan fingerprint density at radius 1 is 1.09 bits per heavy atom. The largest absolute Gasteiger partial charge is 0.494 e. The number of H-pyrrole nitrogens is 1. The first-order chi connectivity index (χ1) is 15.3. The third-order valence-corrected chi connectivity index (χ3v) is 5.61. The van der Waals surface area contributed by atoms with Crippen molar-refractivity contribution in [1.29, 1.82) is 0 Å². The topological polar surface area (TPSA) is 60.6 Å². The SMILES string of the molecule is CCOc1ccc(NC(=S)N(CCN(C)C)Cc2cc3cc(C)cc(C)c3[nH]c2=O)cc1. The van der Waals surface area contributed by atoms with E-state index in [1.807, 2.05) is 63.2 Å². The van der Waals surface area contributed by atoms with Crippen molar-refractivity contribution in [2.45, 2.75) is 27.3 Å². The van der Waals surface area contributed by atoms with Gasteiger partial charge in [0.15, 0.2) is 5.11 Å². The molecule has 0 spiro atoms. The number of fused-ring (bicyclic) bond motifs is 1. The molecule has 7 heteroatoms. The summed E-state index contributed by atoms with van der Waals surface area (Å²) in [6.07, 6.45) is 0. The van der Waals surface area contributed by atoms with E-state index in [-0.39, 0.29) is 5.56 Å². The number of aryl methyl sites for hydroxylation is 2. The number of hydrogen-bond donors (Lipinski definition) is 2. The highest BCUT2D eigenvalue weighted by molar-refractivity contribution is 7.80. The van der Waals surface area contributed by atoms with Crippen LogP contribution in [0.1, 0.15) is 23.6 Å². The molecule has 0 atom stereocenters. The average molecular weight is 453 g/mol. The Morgan fingerprint density at radius 3 is 2.47 bits per heavy atom. The molecule has 0 aliphatic carbocycles. The predicted molar refractivity (Wildman–Crippen MR) is 137 cm³/mol. The molecule has 0 aliphatic heterocycles. The first-order valence-electron chi connectivity index (χ1n) is 10.8. The highest BCUT2D eigenvalue weighted by atomic mass is 32.1. The van der Waals surface area contributed by atoms with Crippen LogP contribution in [0.4, 0.5) is 5.69 Å². The lowest BCUT2D eigenvalue weighted by atomic mass is 10.1. The van der Waals surface area contributed by atoms with Gasteiger partial charge < -0.3 is 24.8 Å². The number of likely N-dealkylation sites (N-methyl/N-ethyl adjacent to an activating group) is 1. The molecular formula is C25H32N4O2S. The summed E-state index contributed by atoms with van der Waals surface area (Å²) in [6, 6.07) is 13.9. The summed E-state index contributed by atoms with van der Waals surface area (Å²) in [5.41, 5.74) is 4.62. The van der Waals surface area contributed by atoms with E-state index >= 15 is 0 Å². The zero-order chi connectivity index (χ0) is 23.3. The van der Waals surface area contributed by atoms with Gasteiger partial charge in [-0.15, -0.1) is 0 Å². The van der Waals surface area contributed by atoms with E-state index in [9.17, 15) is 4.79 Å². The quantitative estimate of drug-likeness (QED) is 0.497. The molecule has 1 aromatic heterocycles. The van der Waals surface area contributed by atoms with Crippen molar-refractivity contribution >= 4 is 33.9 Å². The summed E-state index contributed by atoms with van der Waals surface area (Å²) in [4.78, 5) is 20.0. The number of aromatic nitrogens is 1. The smallest absolute Gasteiger partial charge is 0.253 e. The Bertz CT molecular complexity index is 1140. The predicted octanol–water partition coefficient (Wildman–Crippen LogP) is 4.30. The average Bonchev–Trinajstić information content (AvgIpc) is 2.73. The lowest BCUT2D eigenvalue weighted by molar-refractivity contribution is 0.327. The van der Waals surface area contributed by atoms with Crippen molar-refractivity contribution < 1.29 is 4.74 Å². The Hall–Kier alpha value is -2.90. The summed E-state index contributed by atoms with van der Waals surface area (Å²) in [5, 5.41) is 4.92. The molecule has 0 saturated heterocycles. The molecule has 0 radical (unpaired) electrons. The third kappa shape index (κ3) is 6.08. The van der Waals surface area contributed by atoms with E-state index in [2.05, 4.69) is 34.3 Å². The van der Waals surface area contributed by atoms with E-state index < -0.39 is 0 Å². The summed E-state index contributed by atoms with van der Waals surface area (Å²) in [5.74, 6) is 0.821. The zero-order valence-electron chi connectivity index (χ0n) is 19.5. The summed E-state index contributed by atoms with van der Waals surface area (Å²) in [7, 11) is 4.05. The van der Waals surface area contributed by atoms with E-state index in [4.69, 9.17) is 17.0 Å². The van der Waals surface area contributed by atoms with Crippen molar-refractivity contribution in [3.05, 3.63) is 69.5 Å². The highest BCUT2D eigenvalue weighted by Crippen LogP contribution is 2.19. The monoisotopic (exact) mass is 452 g/mol. The minimum atomic E-state index is -0.0804. The molecule has 0 bridgehead atoms. The van der Waals surface area contributed by atoms with Crippen molar-refractivity contribution in [2.24, 2.45) is 0 Å². The molecule has 0 saturated carbocycles. The summed E-state index contributed by atoms with van der Waals surface area (Å²) in [6.45, 7) is 8.61. The van der Waals surface area contributed by atoms with E-state index in [1.165, 1.54) is 5.56 Å². The molecule has 170 valence electrons. The zero-order valence-corrected chi connectivity index (χ0v) is 20.3. The lowest BCUT2D eigenvalue weighted by Gasteiger charge is -2.27. The number of thiocarbonyl (C=S) groups is 1. The number of pyridine rings is 1. The minimum absolute atomic E-state index is 0.0804.